The Hall–Kier alpha value is -8.92. The predicted molar refractivity (Wildman–Crippen MR) is 338 cm³/mol. The second-order valence-electron chi connectivity index (χ2n) is 21.8. The number of hydrogen-bond acceptors (Lipinski definition) is 1. The van der Waals surface area contributed by atoms with Gasteiger partial charge in [-0.25, -0.2) is 9.98 Å². The zero-order chi connectivity index (χ0) is 53.8. The Morgan fingerprint density at radius 1 is 0.620 bits per heavy atom. The van der Waals surface area contributed by atoms with E-state index in [-0.39, 0.29) is 12.0 Å². The average molecular weight is 1020 g/mol. The minimum Gasteiger partial charge on any atom is -0.332 e. The monoisotopic (exact) mass is 1020 g/mol. The lowest BCUT2D eigenvalue weighted by atomic mass is 9.73. The van der Waals surface area contributed by atoms with E-state index in [9.17, 15) is 0 Å². The number of fused-ring (bicyclic) bond motifs is 4. The average Bonchev–Trinajstić information content (AvgIpc) is 4.23. The number of rotatable bonds is 13. The number of aromatic nitrogens is 1. The van der Waals surface area contributed by atoms with Gasteiger partial charge in [0.05, 0.1) is 22.8 Å². The van der Waals surface area contributed by atoms with Crippen LogP contribution in [-0.2, 0) is 0 Å². The molecule has 0 aliphatic heterocycles. The molecule has 0 spiro atoms. The summed E-state index contributed by atoms with van der Waals surface area (Å²) < 4.78 is 2.75. The Morgan fingerprint density at radius 2 is 1.19 bits per heavy atom. The van der Waals surface area contributed by atoms with Crippen LogP contribution in [0.1, 0.15) is 82.5 Å². The predicted octanol–water partition coefficient (Wildman–Crippen LogP) is 20.2. The molecule has 386 valence electrons. The fraction of sp³-hybridized carbons (Fsp3) is 0.158. The maximum absolute atomic E-state index is 5.61. The van der Waals surface area contributed by atoms with Crippen molar-refractivity contribution in [1.29, 1.82) is 0 Å². The van der Waals surface area contributed by atoms with Gasteiger partial charge in [0.15, 0.2) is 5.84 Å². The molecule has 12 rings (SSSR count). The van der Waals surface area contributed by atoms with Crippen LogP contribution in [0.15, 0.2) is 292 Å². The molecule has 1 heterocycles. The third kappa shape index (κ3) is 10.4. The van der Waals surface area contributed by atoms with Crippen molar-refractivity contribution < 1.29 is 0 Å². The maximum atomic E-state index is 5.61. The van der Waals surface area contributed by atoms with Crippen molar-refractivity contribution in [3.8, 4) is 33.4 Å². The van der Waals surface area contributed by atoms with E-state index < -0.39 is 0 Å². The number of allylic oxidation sites excluding steroid dienone is 17. The van der Waals surface area contributed by atoms with Crippen LogP contribution >= 0.6 is 0 Å². The fourth-order valence-electron chi connectivity index (χ4n) is 12.0. The summed E-state index contributed by atoms with van der Waals surface area (Å²) in [6, 6.07) is 65.3. The van der Waals surface area contributed by atoms with Crippen molar-refractivity contribution in [3.63, 3.8) is 0 Å². The van der Waals surface area contributed by atoms with Gasteiger partial charge in [0, 0.05) is 34.4 Å². The molecule has 0 amide bonds. The van der Waals surface area contributed by atoms with Gasteiger partial charge in [0.1, 0.15) is 0 Å². The van der Waals surface area contributed by atoms with Gasteiger partial charge >= 0.3 is 0 Å². The standard InChI is InChI=1S/C76H67N3/c1-6-7-27-61(51(2)3)50-77-76(58-38-24-13-25-39-58)78-71(52(4)5)45-60-42-43-62(53-28-14-8-15-29-53)75(74(60)57-36-22-12-23-37-57)79-72-48-67(56-34-20-11-21-35-56)65(54-30-16-9-17-31-54)46-69(72)70-47-66(55-32-18-10-19-33-55)68(49-73(70)79)63-41-26-40-59-44-64(59)63/h6-12,14-24,26-41,43-51,64,74-75H,13,25,42H2,1-5H3/b7-6-,60-45+,61-27-,77-50+,78-76-. The van der Waals surface area contributed by atoms with Crippen LogP contribution in [0.4, 0.5) is 0 Å². The topological polar surface area (TPSA) is 29.6 Å². The van der Waals surface area contributed by atoms with E-state index in [1.807, 2.05) is 6.21 Å². The number of aliphatic imine (C=N–C) groups is 2. The van der Waals surface area contributed by atoms with Gasteiger partial charge in [-0.3, -0.25) is 0 Å². The van der Waals surface area contributed by atoms with E-state index >= 15 is 0 Å². The molecule has 0 radical (unpaired) electrons. The molecule has 0 bridgehead atoms. The molecule has 3 nitrogen and oxygen atoms in total. The van der Waals surface area contributed by atoms with Crippen molar-refractivity contribution in [2.24, 2.45) is 21.8 Å². The molecule has 4 aliphatic rings. The van der Waals surface area contributed by atoms with Gasteiger partial charge in [-0.15, -0.1) is 0 Å². The molecular weight excluding hydrogens is 955 g/mol. The Morgan fingerprint density at radius 3 is 1.76 bits per heavy atom. The molecule has 3 unspecified atom stereocenters. The molecule has 3 heteroatoms. The second kappa shape index (κ2) is 22.6. The SMILES string of the molecule is C\C=C/C=C(/C=N/C(=N\C(/C=C1\CC=C(c2ccccc2)C(n2c3cc(C4=CC=CC5=CC54)c(-c4ccccc4)cc3c3cc(-c4ccccc4)c(-c4ccccc4)cc32)C1c1ccccc1)=C(C)C)C1=CCCC=C1)C(C)C. The number of amidine groups is 1. The highest BCUT2D eigenvalue weighted by molar-refractivity contribution is 6.15. The summed E-state index contributed by atoms with van der Waals surface area (Å²) in [7, 11) is 0. The zero-order valence-electron chi connectivity index (χ0n) is 46.0. The van der Waals surface area contributed by atoms with E-state index in [1.165, 1.54) is 94.2 Å². The van der Waals surface area contributed by atoms with Crippen LogP contribution in [0.25, 0.3) is 66.3 Å². The normalized spacial score (nSPS) is 18.8. The first-order chi connectivity index (χ1) is 38.8. The minimum atomic E-state index is -0.185. The van der Waals surface area contributed by atoms with Crippen molar-refractivity contribution in [2.45, 2.75) is 65.8 Å². The molecule has 1 aromatic heterocycles. The molecular formula is C76H67N3. The highest BCUT2D eigenvalue weighted by atomic mass is 15.0. The molecule has 79 heavy (non-hydrogen) atoms. The van der Waals surface area contributed by atoms with E-state index in [0.717, 1.165) is 47.5 Å². The molecule has 7 aromatic carbocycles. The molecule has 3 atom stereocenters. The third-order valence-electron chi connectivity index (χ3n) is 16.1. The number of hydrogen-bond donors (Lipinski definition) is 0. The maximum Gasteiger partial charge on any atom is 0.159 e. The Balaban J connectivity index is 1.17. The van der Waals surface area contributed by atoms with Crippen LogP contribution < -0.4 is 0 Å². The van der Waals surface area contributed by atoms with Gasteiger partial charge in [-0.05, 0) is 149 Å². The second-order valence-corrected chi connectivity index (χ2v) is 21.8. The summed E-state index contributed by atoms with van der Waals surface area (Å²) in [5, 5.41) is 2.46. The van der Waals surface area contributed by atoms with E-state index in [4.69, 9.17) is 9.98 Å². The van der Waals surface area contributed by atoms with Crippen LogP contribution in [0.2, 0.25) is 0 Å². The molecule has 0 saturated carbocycles. The highest BCUT2D eigenvalue weighted by Crippen LogP contribution is 2.54. The molecule has 0 saturated heterocycles. The van der Waals surface area contributed by atoms with Gasteiger partial charge in [0.25, 0.3) is 0 Å². The third-order valence-corrected chi connectivity index (χ3v) is 16.1. The molecule has 4 aliphatic carbocycles. The first kappa shape index (κ1) is 50.9. The lowest BCUT2D eigenvalue weighted by molar-refractivity contribution is 0.555. The number of nitrogens with zero attached hydrogens (tertiary/aromatic N) is 3. The lowest BCUT2D eigenvalue weighted by Crippen LogP contribution is -2.24. The van der Waals surface area contributed by atoms with Gasteiger partial charge in [-0.1, -0.05) is 243 Å². The van der Waals surface area contributed by atoms with Gasteiger partial charge in [0.2, 0.25) is 0 Å². The first-order valence-electron chi connectivity index (χ1n) is 28.3. The van der Waals surface area contributed by atoms with Crippen LogP contribution in [0.5, 0.6) is 0 Å². The summed E-state index contributed by atoms with van der Waals surface area (Å²) in [6.07, 6.45) is 32.0. The minimum absolute atomic E-state index is 0.0958. The molecule has 0 fully saturated rings. The molecule has 0 N–H and O–H groups in total. The van der Waals surface area contributed by atoms with Gasteiger partial charge < -0.3 is 4.57 Å². The smallest absolute Gasteiger partial charge is 0.159 e. The summed E-state index contributed by atoms with van der Waals surface area (Å²) >= 11 is 0. The van der Waals surface area contributed by atoms with E-state index in [1.54, 1.807) is 0 Å². The highest BCUT2D eigenvalue weighted by Gasteiger charge is 2.38. The first-order valence-corrected chi connectivity index (χ1v) is 28.3. The summed E-state index contributed by atoms with van der Waals surface area (Å²) in [5.74, 6) is 1.23. The molecule has 8 aromatic rings. The van der Waals surface area contributed by atoms with Crippen molar-refractivity contribution in [3.05, 3.63) is 299 Å². The van der Waals surface area contributed by atoms with Crippen molar-refractivity contribution in [2.75, 3.05) is 0 Å². The summed E-state index contributed by atoms with van der Waals surface area (Å²) in [6.45, 7) is 10.9. The van der Waals surface area contributed by atoms with Crippen molar-refractivity contribution in [1.82, 2.24) is 4.57 Å². The van der Waals surface area contributed by atoms with Crippen LogP contribution in [0.3, 0.4) is 0 Å². The Bertz CT molecular complexity index is 3990. The van der Waals surface area contributed by atoms with Crippen LogP contribution in [-0.4, -0.2) is 16.6 Å². The van der Waals surface area contributed by atoms with Gasteiger partial charge in [-0.2, -0.15) is 0 Å². The fourth-order valence-corrected chi connectivity index (χ4v) is 12.0. The Kier molecular flexibility index (Phi) is 14.5. The number of benzene rings is 7. The lowest BCUT2D eigenvalue weighted by Gasteiger charge is -2.38. The van der Waals surface area contributed by atoms with Crippen molar-refractivity contribution >= 4 is 45.0 Å². The van der Waals surface area contributed by atoms with E-state index in [2.05, 4.69) is 288 Å². The summed E-state index contributed by atoms with van der Waals surface area (Å²) in [5.41, 5.74) is 23.0. The zero-order valence-corrected chi connectivity index (χ0v) is 46.0. The summed E-state index contributed by atoms with van der Waals surface area (Å²) in [4.78, 5) is 10.9. The quantitative estimate of drug-likeness (QED) is 0.0626. The van der Waals surface area contributed by atoms with Crippen LogP contribution in [0, 0.1) is 11.8 Å². The Labute approximate surface area is 467 Å². The largest absolute Gasteiger partial charge is 0.332 e. The van der Waals surface area contributed by atoms with E-state index in [0.29, 0.717) is 11.8 Å².